The van der Waals surface area contributed by atoms with Crippen LogP contribution in [0.15, 0.2) is 18.3 Å². The van der Waals surface area contributed by atoms with Crippen LogP contribution in [0.4, 0.5) is 13.2 Å². The Morgan fingerprint density at radius 2 is 2.00 bits per heavy atom. The van der Waals surface area contributed by atoms with Crippen LogP contribution in [0, 0.1) is 5.92 Å². The van der Waals surface area contributed by atoms with Crippen molar-refractivity contribution < 1.29 is 27.9 Å². The van der Waals surface area contributed by atoms with Crippen LogP contribution in [0.25, 0.3) is 0 Å². The molecule has 21 heavy (non-hydrogen) atoms. The van der Waals surface area contributed by atoms with Crippen LogP contribution in [-0.4, -0.2) is 28.0 Å². The van der Waals surface area contributed by atoms with Gasteiger partial charge in [0.05, 0.1) is 5.56 Å². The zero-order chi connectivity index (χ0) is 16.2. The van der Waals surface area contributed by atoms with E-state index in [0.717, 1.165) is 12.3 Å². The average molecular weight is 304 g/mol. The summed E-state index contributed by atoms with van der Waals surface area (Å²) in [4.78, 5) is 26.1. The Morgan fingerprint density at radius 3 is 2.38 bits per heavy atom. The molecule has 0 unspecified atom stereocenters. The van der Waals surface area contributed by atoms with E-state index in [9.17, 15) is 22.8 Å². The Morgan fingerprint density at radius 1 is 1.38 bits per heavy atom. The molecule has 2 N–H and O–H groups in total. The number of nitrogens with one attached hydrogen (secondary N) is 1. The van der Waals surface area contributed by atoms with Crippen LogP contribution >= 0.6 is 0 Å². The maximum absolute atomic E-state index is 12.3. The molecule has 1 heterocycles. The van der Waals surface area contributed by atoms with Gasteiger partial charge in [0.25, 0.3) is 5.91 Å². The summed E-state index contributed by atoms with van der Waals surface area (Å²) in [6.45, 7) is 3.43. The lowest BCUT2D eigenvalue weighted by molar-refractivity contribution is -0.141. The first-order chi connectivity index (χ1) is 9.66. The second kappa shape index (κ2) is 6.55. The van der Waals surface area contributed by atoms with E-state index in [1.807, 2.05) is 0 Å². The predicted molar refractivity (Wildman–Crippen MR) is 67.6 cm³/mol. The number of rotatable bonds is 5. The van der Waals surface area contributed by atoms with Crippen LogP contribution in [0.5, 0.6) is 0 Å². The molecule has 0 aliphatic carbocycles. The average Bonchev–Trinajstić information content (AvgIpc) is 2.42. The minimum Gasteiger partial charge on any atom is -0.480 e. The van der Waals surface area contributed by atoms with Gasteiger partial charge in [-0.25, -0.2) is 4.79 Å². The van der Waals surface area contributed by atoms with E-state index in [-0.39, 0.29) is 11.5 Å². The number of carbonyl (C=O) groups excluding carboxylic acids is 1. The topological polar surface area (TPSA) is 79.3 Å². The van der Waals surface area contributed by atoms with E-state index >= 15 is 0 Å². The zero-order valence-electron chi connectivity index (χ0n) is 11.4. The Balaban J connectivity index is 2.86. The number of hydrogen-bond acceptors (Lipinski definition) is 3. The summed E-state index contributed by atoms with van der Waals surface area (Å²) in [7, 11) is 0. The third-order valence-corrected chi connectivity index (χ3v) is 3.08. The van der Waals surface area contributed by atoms with Gasteiger partial charge in [-0.2, -0.15) is 13.2 Å². The molecule has 0 saturated carbocycles. The van der Waals surface area contributed by atoms with Crippen molar-refractivity contribution in [1.82, 2.24) is 10.3 Å². The highest BCUT2D eigenvalue weighted by molar-refractivity contribution is 5.96. The number of carbonyl (C=O) groups is 2. The van der Waals surface area contributed by atoms with Gasteiger partial charge in [0.2, 0.25) is 0 Å². The lowest BCUT2D eigenvalue weighted by Crippen LogP contribution is -2.45. The summed E-state index contributed by atoms with van der Waals surface area (Å²) < 4.78 is 37.0. The number of pyridine rings is 1. The monoisotopic (exact) mass is 304 g/mol. The number of carboxylic acids is 1. The second-order valence-corrected chi connectivity index (χ2v) is 4.60. The van der Waals surface area contributed by atoms with E-state index in [1.54, 1.807) is 13.8 Å². The molecule has 116 valence electrons. The first-order valence-electron chi connectivity index (χ1n) is 6.23. The highest BCUT2D eigenvalue weighted by Gasteiger charge is 2.32. The maximum atomic E-state index is 12.3. The van der Waals surface area contributed by atoms with Gasteiger partial charge in [-0.05, 0) is 18.1 Å². The summed E-state index contributed by atoms with van der Waals surface area (Å²) in [5, 5.41) is 11.3. The number of hydrogen-bond donors (Lipinski definition) is 2. The second-order valence-electron chi connectivity index (χ2n) is 4.60. The molecule has 0 spiro atoms. The summed E-state index contributed by atoms with van der Waals surface area (Å²) in [6.07, 6.45) is -3.29. The van der Waals surface area contributed by atoms with Gasteiger partial charge in [0.15, 0.2) is 0 Å². The first kappa shape index (κ1) is 16.9. The van der Waals surface area contributed by atoms with Gasteiger partial charge in [0, 0.05) is 6.20 Å². The molecular weight excluding hydrogens is 289 g/mol. The summed E-state index contributed by atoms with van der Waals surface area (Å²) in [5.41, 5.74) is -1.24. The van der Waals surface area contributed by atoms with Crippen molar-refractivity contribution in [3.8, 4) is 0 Å². The maximum Gasteiger partial charge on any atom is 0.433 e. The number of carboxylic acid groups (broad SMARTS) is 1. The fraction of sp³-hybridized carbons (Fsp3) is 0.462. The van der Waals surface area contributed by atoms with Gasteiger partial charge < -0.3 is 10.4 Å². The van der Waals surface area contributed by atoms with E-state index < -0.39 is 29.8 Å². The normalized spacial score (nSPS) is 14.3. The molecule has 0 saturated heterocycles. The van der Waals surface area contributed by atoms with Crippen LogP contribution in [-0.2, 0) is 11.0 Å². The van der Waals surface area contributed by atoms with Crippen molar-refractivity contribution in [2.24, 2.45) is 5.92 Å². The van der Waals surface area contributed by atoms with E-state index in [1.165, 1.54) is 0 Å². The Labute approximate surface area is 119 Å². The van der Waals surface area contributed by atoms with Crippen LogP contribution in [0.1, 0.15) is 36.3 Å². The van der Waals surface area contributed by atoms with Crippen molar-refractivity contribution in [2.75, 3.05) is 0 Å². The van der Waals surface area contributed by atoms with Gasteiger partial charge in [-0.1, -0.05) is 20.3 Å². The SMILES string of the molecule is CC[C@H](C)[C@H](NC(=O)c1ccc(C(F)(F)F)nc1)C(=O)O. The van der Waals surface area contributed by atoms with Crippen molar-refractivity contribution >= 4 is 11.9 Å². The number of nitrogens with zero attached hydrogens (tertiary/aromatic N) is 1. The fourth-order valence-electron chi connectivity index (χ4n) is 1.60. The molecule has 0 bridgehead atoms. The third-order valence-electron chi connectivity index (χ3n) is 3.08. The number of amides is 1. The highest BCUT2D eigenvalue weighted by Crippen LogP contribution is 2.27. The minimum atomic E-state index is -4.59. The zero-order valence-corrected chi connectivity index (χ0v) is 11.4. The number of halogens is 3. The lowest BCUT2D eigenvalue weighted by Gasteiger charge is -2.20. The number of alkyl halides is 3. The highest BCUT2D eigenvalue weighted by atomic mass is 19.4. The number of aliphatic carboxylic acids is 1. The molecule has 0 radical (unpaired) electrons. The van der Waals surface area contributed by atoms with Crippen molar-refractivity contribution in [1.29, 1.82) is 0 Å². The van der Waals surface area contributed by atoms with Gasteiger partial charge >= 0.3 is 12.1 Å². The van der Waals surface area contributed by atoms with Gasteiger partial charge in [0.1, 0.15) is 11.7 Å². The molecule has 0 aliphatic rings. The molecule has 0 fully saturated rings. The van der Waals surface area contributed by atoms with Gasteiger partial charge in [-0.3, -0.25) is 9.78 Å². The van der Waals surface area contributed by atoms with Crippen molar-refractivity contribution in [2.45, 2.75) is 32.5 Å². The smallest absolute Gasteiger partial charge is 0.433 e. The molecule has 2 atom stereocenters. The number of aromatic nitrogens is 1. The quantitative estimate of drug-likeness (QED) is 0.875. The van der Waals surface area contributed by atoms with Crippen LogP contribution in [0.3, 0.4) is 0 Å². The molecule has 1 amide bonds. The Bertz CT molecular complexity index is 514. The molecule has 0 aliphatic heterocycles. The molecule has 0 aromatic carbocycles. The molecule has 1 aromatic heterocycles. The first-order valence-corrected chi connectivity index (χ1v) is 6.23. The fourth-order valence-corrected chi connectivity index (χ4v) is 1.60. The summed E-state index contributed by atoms with van der Waals surface area (Å²) >= 11 is 0. The molecule has 8 heteroatoms. The van der Waals surface area contributed by atoms with E-state index in [4.69, 9.17) is 5.11 Å². The van der Waals surface area contributed by atoms with Crippen LogP contribution < -0.4 is 5.32 Å². The Hall–Kier alpha value is -2.12. The Kier molecular flexibility index (Phi) is 5.28. The van der Waals surface area contributed by atoms with Crippen molar-refractivity contribution in [3.63, 3.8) is 0 Å². The molecule has 5 nitrogen and oxygen atoms in total. The van der Waals surface area contributed by atoms with Gasteiger partial charge in [-0.15, -0.1) is 0 Å². The van der Waals surface area contributed by atoms with Crippen LogP contribution in [0.2, 0.25) is 0 Å². The lowest BCUT2D eigenvalue weighted by atomic mass is 9.99. The van der Waals surface area contributed by atoms with E-state index in [2.05, 4.69) is 10.3 Å². The van der Waals surface area contributed by atoms with E-state index in [0.29, 0.717) is 12.5 Å². The third kappa shape index (κ3) is 4.44. The molecular formula is C13H15F3N2O3. The minimum absolute atomic E-state index is 0.127. The molecule has 1 rings (SSSR count). The molecule has 1 aromatic rings. The largest absolute Gasteiger partial charge is 0.480 e. The van der Waals surface area contributed by atoms with Crippen molar-refractivity contribution in [3.05, 3.63) is 29.6 Å². The standard InChI is InChI=1S/C13H15F3N2O3/c1-3-7(2)10(12(20)21)18-11(19)8-4-5-9(17-6-8)13(14,15)16/h4-7,10H,3H2,1-2H3,(H,18,19)(H,20,21)/t7-,10-/m0/s1. The summed E-state index contributed by atoms with van der Waals surface area (Å²) in [6, 6.07) is 0.527. The summed E-state index contributed by atoms with van der Waals surface area (Å²) in [5.74, 6) is -2.28. The predicted octanol–water partition coefficient (Wildman–Crippen LogP) is 2.33.